The first kappa shape index (κ1) is 14.2. The van der Waals surface area contributed by atoms with Crippen molar-refractivity contribution in [2.75, 3.05) is 0 Å². The first-order chi connectivity index (χ1) is 8.47. The fraction of sp³-hybridized carbons (Fsp3) is 1.00. The van der Waals surface area contributed by atoms with E-state index in [9.17, 15) is 13.2 Å². The Labute approximate surface area is 108 Å². The molecule has 4 heteroatoms. The molecule has 0 heterocycles. The molecule has 0 saturated heterocycles. The third-order valence-electron chi connectivity index (χ3n) is 4.70. The molecule has 18 heavy (non-hydrogen) atoms. The van der Waals surface area contributed by atoms with Crippen molar-refractivity contribution in [2.24, 2.45) is 11.8 Å². The van der Waals surface area contributed by atoms with Crippen LogP contribution in [0.25, 0.3) is 0 Å². The fourth-order valence-electron chi connectivity index (χ4n) is 3.51. The lowest BCUT2D eigenvalue weighted by Gasteiger charge is -2.37. The minimum atomic E-state index is -4.00. The van der Waals surface area contributed by atoms with Gasteiger partial charge in [-0.05, 0) is 38.0 Å². The molecule has 0 aromatic heterocycles. The number of rotatable bonds is 2. The fourth-order valence-corrected chi connectivity index (χ4v) is 3.51. The predicted molar refractivity (Wildman–Crippen MR) is 66.4 cm³/mol. The minimum Gasteiger partial charge on any atom is -0.311 e. The van der Waals surface area contributed by atoms with Gasteiger partial charge in [-0.2, -0.15) is 13.2 Å². The first-order valence-corrected chi connectivity index (χ1v) is 7.29. The SMILES string of the molecule is CC1CCCCC1NC1CCCC(C(F)(F)F)C1. The molecular formula is C14H24F3N. The van der Waals surface area contributed by atoms with Gasteiger partial charge >= 0.3 is 6.18 Å². The van der Waals surface area contributed by atoms with E-state index in [1.807, 2.05) is 0 Å². The Kier molecular flexibility index (Phi) is 4.57. The minimum absolute atomic E-state index is 0.0796. The van der Waals surface area contributed by atoms with Gasteiger partial charge in [-0.15, -0.1) is 0 Å². The monoisotopic (exact) mass is 263 g/mol. The highest BCUT2D eigenvalue weighted by Gasteiger charge is 2.42. The summed E-state index contributed by atoms with van der Waals surface area (Å²) >= 11 is 0. The Hall–Kier alpha value is -0.250. The van der Waals surface area contributed by atoms with Crippen LogP contribution in [0.1, 0.15) is 58.3 Å². The molecule has 4 unspecified atom stereocenters. The standard InChI is InChI=1S/C14H24F3N/c1-10-5-2-3-8-13(10)18-12-7-4-6-11(9-12)14(15,16)17/h10-13,18H,2-9H2,1H3. The molecule has 2 aliphatic rings. The maximum absolute atomic E-state index is 12.7. The summed E-state index contributed by atoms with van der Waals surface area (Å²) in [5.41, 5.74) is 0. The van der Waals surface area contributed by atoms with Gasteiger partial charge in [0.15, 0.2) is 0 Å². The summed E-state index contributed by atoms with van der Waals surface area (Å²) in [5, 5.41) is 3.51. The molecule has 0 aliphatic heterocycles. The number of hydrogen-bond acceptors (Lipinski definition) is 1. The Balaban J connectivity index is 1.85. The van der Waals surface area contributed by atoms with E-state index in [2.05, 4.69) is 12.2 Å². The zero-order valence-corrected chi connectivity index (χ0v) is 11.1. The largest absolute Gasteiger partial charge is 0.391 e. The van der Waals surface area contributed by atoms with Gasteiger partial charge in [0.25, 0.3) is 0 Å². The van der Waals surface area contributed by atoms with Gasteiger partial charge < -0.3 is 5.32 Å². The van der Waals surface area contributed by atoms with Crippen molar-refractivity contribution in [3.63, 3.8) is 0 Å². The first-order valence-electron chi connectivity index (χ1n) is 7.29. The Bertz CT molecular complexity index is 264. The maximum atomic E-state index is 12.7. The Morgan fingerprint density at radius 1 is 0.944 bits per heavy atom. The van der Waals surface area contributed by atoms with Crippen LogP contribution in [0.4, 0.5) is 13.2 Å². The summed E-state index contributed by atoms with van der Waals surface area (Å²) in [6, 6.07) is 0.520. The van der Waals surface area contributed by atoms with Crippen molar-refractivity contribution in [1.82, 2.24) is 5.32 Å². The summed E-state index contributed by atoms with van der Waals surface area (Å²) in [6.07, 6.45) is 3.07. The normalized spacial score (nSPS) is 38.7. The highest BCUT2D eigenvalue weighted by Crippen LogP contribution is 2.38. The molecule has 0 aromatic carbocycles. The maximum Gasteiger partial charge on any atom is 0.391 e. The van der Waals surface area contributed by atoms with Crippen molar-refractivity contribution in [3.8, 4) is 0 Å². The van der Waals surface area contributed by atoms with Crippen LogP contribution in [0.15, 0.2) is 0 Å². The van der Waals surface area contributed by atoms with E-state index in [1.165, 1.54) is 19.3 Å². The molecule has 2 fully saturated rings. The summed E-state index contributed by atoms with van der Waals surface area (Å²) in [6.45, 7) is 2.22. The lowest BCUT2D eigenvalue weighted by atomic mass is 9.82. The van der Waals surface area contributed by atoms with Crippen LogP contribution in [0.5, 0.6) is 0 Å². The molecular weight excluding hydrogens is 239 g/mol. The summed E-state index contributed by atoms with van der Waals surface area (Å²) in [5.74, 6) is -0.465. The van der Waals surface area contributed by atoms with E-state index in [4.69, 9.17) is 0 Å². The predicted octanol–water partition coefficient (Wildman–Crippen LogP) is 4.28. The van der Waals surface area contributed by atoms with Crippen LogP contribution >= 0.6 is 0 Å². The van der Waals surface area contributed by atoms with Gasteiger partial charge in [0.2, 0.25) is 0 Å². The molecule has 0 aromatic rings. The van der Waals surface area contributed by atoms with E-state index < -0.39 is 12.1 Å². The number of hydrogen-bond donors (Lipinski definition) is 1. The molecule has 2 aliphatic carbocycles. The van der Waals surface area contributed by atoms with Gasteiger partial charge in [-0.25, -0.2) is 0 Å². The van der Waals surface area contributed by atoms with Crippen molar-refractivity contribution in [3.05, 3.63) is 0 Å². The average Bonchev–Trinajstić information content (AvgIpc) is 2.31. The number of alkyl halides is 3. The molecule has 1 nitrogen and oxygen atoms in total. The molecule has 1 N–H and O–H groups in total. The van der Waals surface area contributed by atoms with Crippen molar-refractivity contribution >= 4 is 0 Å². The zero-order chi connectivity index (χ0) is 13.2. The van der Waals surface area contributed by atoms with Crippen molar-refractivity contribution < 1.29 is 13.2 Å². The zero-order valence-electron chi connectivity index (χ0n) is 11.1. The van der Waals surface area contributed by atoms with Crippen LogP contribution < -0.4 is 5.32 Å². The van der Waals surface area contributed by atoms with Gasteiger partial charge in [0.05, 0.1) is 5.92 Å². The number of nitrogens with one attached hydrogen (secondary N) is 1. The summed E-state index contributed by atoms with van der Waals surface area (Å²) < 4.78 is 38.2. The Morgan fingerprint density at radius 3 is 2.33 bits per heavy atom. The topological polar surface area (TPSA) is 12.0 Å². The second-order valence-corrected chi connectivity index (χ2v) is 6.14. The number of halogens is 3. The van der Waals surface area contributed by atoms with Crippen LogP contribution in [0.2, 0.25) is 0 Å². The third kappa shape index (κ3) is 3.62. The highest BCUT2D eigenvalue weighted by atomic mass is 19.4. The second kappa shape index (κ2) is 5.81. The smallest absolute Gasteiger partial charge is 0.311 e. The molecule has 2 saturated carbocycles. The second-order valence-electron chi connectivity index (χ2n) is 6.14. The van der Waals surface area contributed by atoms with Crippen LogP contribution in [-0.4, -0.2) is 18.3 Å². The van der Waals surface area contributed by atoms with Crippen LogP contribution in [-0.2, 0) is 0 Å². The molecule has 0 bridgehead atoms. The van der Waals surface area contributed by atoms with Gasteiger partial charge in [-0.3, -0.25) is 0 Å². The van der Waals surface area contributed by atoms with Gasteiger partial charge in [-0.1, -0.05) is 26.2 Å². The molecule has 4 atom stereocenters. The average molecular weight is 263 g/mol. The van der Waals surface area contributed by atoms with Crippen molar-refractivity contribution in [2.45, 2.75) is 76.6 Å². The van der Waals surface area contributed by atoms with E-state index in [-0.39, 0.29) is 12.5 Å². The van der Waals surface area contributed by atoms with E-state index in [1.54, 1.807) is 0 Å². The van der Waals surface area contributed by atoms with Gasteiger partial charge in [0.1, 0.15) is 0 Å². The summed E-state index contributed by atoms with van der Waals surface area (Å²) in [7, 11) is 0. The van der Waals surface area contributed by atoms with E-state index in [0.29, 0.717) is 24.8 Å². The molecule has 106 valence electrons. The van der Waals surface area contributed by atoms with Crippen molar-refractivity contribution in [1.29, 1.82) is 0 Å². The molecule has 0 radical (unpaired) electrons. The molecule has 2 rings (SSSR count). The van der Waals surface area contributed by atoms with Crippen LogP contribution in [0, 0.1) is 11.8 Å². The highest BCUT2D eigenvalue weighted by molar-refractivity contribution is 4.86. The Morgan fingerprint density at radius 2 is 1.67 bits per heavy atom. The lowest BCUT2D eigenvalue weighted by Crippen LogP contribution is -2.46. The molecule has 0 amide bonds. The van der Waals surface area contributed by atoms with E-state index in [0.717, 1.165) is 12.8 Å². The third-order valence-corrected chi connectivity index (χ3v) is 4.70. The lowest BCUT2D eigenvalue weighted by molar-refractivity contribution is -0.184. The quantitative estimate of drug-likeness (QED) is 0.784. The molecule has 0 spiro atoms. The van der Waals surface area contributed by atoms with Gasteiger partial charge in [0, 0.05) is 12.1 Å². The van der Waals surface area contributed by atoms with Crippen LogP contribution in [0.3, 0.4) is 0 Å². The van der Waals surface area contributed by atoms with E-state index >= 15 is 0 Å². The summed E-state index contributed by atoms with van der Waals surface area (Å²) in [4.78, 5) is 0.